The van der Waals surface area contributed by atoms with Crippen molar-refractivity contribution >= 4 is 16.0 Å². The molecular formula is C20H26N4O3S. The van der Waals surface area contributed by atoms with Gasteiger partial charge >= 0.3 is 0 Å². The van der Waals surface area contributed by atoms with Crippen LogP contribution >= 0.6 is 0 Å². The van der Waals surface area contributed by atoms with Gasteiger partial charge in [-0.3, -0.25) is 0 Å². The maximum atomic E-state index is 12.4. The summed E-state index contributed by atoms with van der Waals surface area (Å²) in [5, 5.41) is 0. The summed E-state index contributed by atoms with van der Waals surface area (Å²) in [5.74, 6) is 0.794. The number of nitrogens with one attached hydrogen (secondary N) is 1. The van der Waals surface area contributed by atoms with Crippen molar-refractivity contribution in [3.63, 3.8) is 0 Å². The van der Waals surface area contributed by atoms with Gasteiger partial charge in [-0.2, -0.15) is 0 Å². The predicted molar refractivity (Wildman–Crippen MR) is 107 cm³/mol. The molecule has 2 aromatic rings. The zero-order chi connectivity index (χ0) is 19.5. The minimum Gasteiger partial charge on any atom is -0.376 e. The Labute approximate surface area is 166 Å². The Bertz CT molecular complexity index is 859. The van der Waals surface area contributed by atoms with Crippen molar-refractivity contribution in [2.45, 2.75) is 36.7 Å². The average Bonchev–Trinajstić information content (AvgIpc) is 2.75. The van der Waals surface area contributed by atoms with Gasteiger partial charge in [-0.05, 0) is 49.3 Å². The lowest BCUT2D eigenvalue weighted by Crippen LogP contribution is -2.48. The molecule has 1 aromatic heterocycles. The molecular weight excluding hydrogens is 376 g/mol. The van der Waals surface area contributed by atoms with Gasteiger partial charge in [-0.15, -0.1) is 0 Å². The standard InChI is InChI=1S/C20H26N4O3S/c25-28(26,18-5-2-1-3-6-18)23-15-17-7-8-20(16-27-17)9-13-24(14-10-20)19-21-11-4-12-22-19/h1-6,11-12,17,23H,7-10,13-16H2/t17-/m1/s1. The second kappa shape index (κ2) is 8.14. The number of nitrogens with zero attached hydrogens (tertiary/aromatic N) is 3. The number of hydrogen-bond acceptors (Lipinski definition) is 6. The van der Waals surface area contributed by atoms with Crippen LogP contribution in [0.25, 0.3) is 0 Å². The molecule has 4 rings (SSSR count). The summed E-state index contributed by atoms with van der Waals surface area (Å²) < 4.78 is 33.5. The van der Waals surface area contributed by atoms with E-state index in [4.69, 9.17) is 4.74 Å². The fourth-order valence-corrected chi connectivity index (χ4v) is 5.08. The monoisotopic (exact) mass is 402 g/mol. The summed E-state index contributed by atoms with van der Waals surface area (Å²) in [6.07, 6.45) is 7.52. The van der Waals surface area contributed by atoms with E-state index in [0.29, 0.717) is 13.2 Å². The van der Waals surface area contributed by atoms with Gasteiger partial charge in [-0.25, -0.2) is 23.1 Å². The van der Waals surface area contributed by atoms with E-state index in [-0.39, 0.29) is 16.4 Å². The molecule has 1 aromatic carbocycles. The minimum absolute atomic E-state index is 0.0698. The number of piperidine rings is 1. The molecule has 3 heterocycles. The normalized spacial score (nSPS) is 22.3. The molecule has 0 aliphatic carbocycles. The van der Waals surface area contributed by atoms with Gasteiger partial charge in [0.05, 0.1) is 17.6 Å². The highest BCUT2D eigenvalue weighted by atomic mass is 32.2. The SMILES string of the molecule is O=S(=O)(NC[C@H]1CCC2(CCN(c3ncccn3)CC2)CO1)c1ccccc1. The quantitative estimate of drug-likeness (QED) is 0.826. The fourth-order valence-electron chi connectivity index (χ4n) is 3.99. The zero-order valence-electron chi connectivity index (χ0n) is 15.8. The number of aromatic nitrogens is 2. The van der Waals surface area contributed by atoms with Gasteiger partial charge < -0.3 is 9.64 Å². The van der Waals surface area contributed by atoms with E-state index in [2.05, 4.69) is 19.6 Å². The van der Waals surface area contributed by atoms with E-state index in [1.165, 1.54) is 0 Å². The molecule has 1 atom stereocenters. The molecule has 1 spiro atoms. The molecule has 150 valence electrons. The first-order valence-electron chi connectivity index (χ1n) is 9.75. The molecule has 0 amide bonds. The maximum Gasteiger partial charge on any atom is 0.240 e. The molecule has 2 aliphatic rings. The van der Waals surface area contributed by atoms with Crippen LogP contribution in [0.5, 0.6) is 0 Å². The third kappa shape index (κ3) is 4.34. The van der Waals surface area contributed by atoms with Crippen molar-refractivity contribution in [3.05, 3.63) is 48.8 Å². The molecule has 0 bridgehead atoms. The highest BCUT2D eigenvalue weighted by Crippen LogP contribution is 2.40. The van der Waals surface area contributed by atoms with Crippen LogP contribution in [0.15, 0.2) is 53.7 Å². The molecule has 2 aliphatic heterocycles. The number of anilines is 1. The Morgan fingerprint density at radius 2 is 1.79 bits per heavy atom. The molecule has 7 nitrogen and oxygen atoms in total. The summed E-state index contributed by atoms with van der Waals surface area (Å²) in [6, 6.07) is 10.3. The average molecular weight is 403 g/mol. The Hall–Kier alpha value is -2.03. The van der Waals surface area contributed by atoms with E-state index in [1.807, 2.05) is 6.07 Å². The lowest BCUT2D eigenvalue weighted by Gasteiger charge is -2.45. The van der Waals surface area contributed by atoms with Crippen molar-refractivity contribution in [2.24, 2.45) is 5.41 Å². The van der Waals surface area contributed by atoms with E-state index >= 15 is 0 Å². The Kier molecular flexibility index (Phi) is 5.61. The third-order valence-corrected chi connectivity index (χ3v) is 7.27. The molecule has 8 heteroatoms. The first-order valence-corrected chi connectivity index (χ1v) is 11.2. The molecule has 2 fully saturated rings. The third-order valence-electron chi connectivity index (χ3n) is 5.84. The number of benzene rings is 1. The van der Waals surface area contributed by atoms with Crippen molar-refractivity contribution in [1.29, 1.82) is 0 Å². The van der Waals surface area contributed by atoms with Gasteiger partial charge in [-0.1, -0.05) is 18.2 Å². The summed E-state index contributed by atoms with van der Waals surface area (Å²) in [5.41, 5.74) is 0.195. The van der Waals surface area contributed by atoms with Crippen LogP contribution in [0, 0.1) is 5.41 Å². The highest BCUT2D eigenvalue weighted by molar-refractivity contribution is 7.89. The Morgan fingerprint density at radius 1 is 1.07 bits per heavy atom. The second-order valence-electron chi connectivity index (χ2n) is 7.67. The topological polar surface area (TPSA) is 84.4 Å². The number of hydrogen-bond donors (Lipinski definition) is 1. The van der Waals surface area contributed by atoms with Crippen LogP contribution in [0.2, 0.25) is 0 Å². The van der Waals surface area contributed by atoms with Crippen molar-refractivity contribution in [1.82, 2.24) is 14.7 Å². The predicted octanol–water partition coefficient (Wildman–Crippen LogP) is 2.22. The summed E-state index contributed by atoms with van der Waals surface area (Å²) >= 11 is 0. The summed E-state index contributed by atoms with van der Waals surface area (Å²) in [6.45, 7) is 2.86. The van der Waals surface area contributed by atoms with Crippen molar-refractivity contribution in [3.8, 4) is 0 Å². The van der Waals surface area contributed by atoms with E-state index < -0.39 is 10.0 Å². The van der Waals surface area contributed by atoms with Crippen molar-refractivity contribution in [2.75, 3.05) is 31.1 Å². The molecule has 0 radical (unpaired) electrons. The van der Waals surface area contributed by atoms with Crippen LogP contribution in [0.1, 0.15) is 25.7 Å². The lowest BCUT2D eigenvalue weighted by molar-refractivity contribution is -0.0691. The van der Waals surface area contributed by atoms with Gasteiger partial charge in [0.25, 0.3) is 0 Å². The minimum atomic E-state index is -3.48. The van der Waals surface area contributed by atoms with E-state index in [0.717, 1.165) is 44.7 Å². The zero-order valence-corrected chi connectivity index (χ0v) is 16.6. The highest BCUT2D eigenvalue weighted by Gasteiger charge is 2.39. The number of ether oxygens (including phenoxy) is 1. The molecule has 2 saturated heterocycles. The van der Waals surface area contributed by atoms with Crippen LogP contribution in [0.3, 0.4) is 0 Å². The van der Waals surface area contributed by atoms with Gasteiger partial charge in [0.2, 0.25) is 16.0 Å². The van der Waals surface area contributed by atoms with Gasteiger partial charge in [0.1, 0.15) is 0 Å². The van der Waals surface area contributed by atoms with Crippen molar-refractivity contribution < 1.29 is 13.2 Å². The fraction of sp³-hybridized carbons (Fsp3) is 0.500. The Balaban J connectivity index is 1.26. The molecule has 28 heavy (non-hydrogen) atoms. The van der Waals surface area contributed by atoms with Crippen LogP contribution < -0.4 is 9.62 Å². The van der Waals surface area contributed by atoms with E-state index in [1.54, 1.807) is 42.7 Å². The summed E-state index contributed by atoms with van der Waals surface area (Å²) in [7, 11) is -3.48. The molecule has 0 unspecified atom stereocenters. The smallest absolute Gasteiger partial charge is 0.240 e. The lowest BCUT2D eigenvalue weighted by atomic mass is 9.73. The maximum absolute atomic E-state index is 12.4. The molecule has 0 saturated carbocycles. The largest absolute Gasteiger partial charge is 0.376 e. The molecule has 1 N–H and O–H groups in total. The van der Waals surface area contributed by atoms with Gasteiger partial charge in [0, 0.05) is 32.0 Å². The second-order valence-corrected chi connectivity index (χ2v) is 9.44. The summed E-state index contributed by atoms with van der Waals surface area (Å²) in [4.78, 5) is 11.2. The first-order chi connectivity index (χ1) is 13.6. The number of sulfonamides is 1. The number of rotatable bonds is 5. The van der Waals surface area contributed by atoms with Crippen LogP contribution in [-0.4, -0.2) is 50.7 Å². The van der Waals surface area contributed by atoms with Crippen LogP contribution in [0.4, 0.5) is 5.95 Å². The van der Waals surface area contributed by atoms with E-state index in [9.17, 15) is 8.42 Å². The Morgan fingerprint density at radius 3 is 2.43 bits per heavy atom. The first kappa shape index (κ1) is 19.3. The van der Waals surface area contributed by atoms with Gasteiger partial charge in [0.15, 0.2) is 0 Å². The van der Waals surface area contributed by atoms with Crippen LogP contribution in [-0.2, 0) is 14.8 Å².